The molecule has 0 fully saturated rings. The van der Waals surface area contributed by atoms with Gasteiger partial charge < -0.3 is 10.1 Å². The molecule has 0 amide bonds. The molecule has 0 aliphatic heterocycles. The number of benzene rings is 1. The van der Waals surface area contributed by atoms with Crippen molar-refractivity contribution < 1.29 is 13.2 Å². The molecule has 21 heavy (non-hydrogen) atoms. The molecule has 0 saturated heterocycles. The van der Waals surface area contributed by atoms with Gasteiger partial charge in [0.2, 0.25) is 10.0 Å². The van der Waals surface area contributed by atoms with Gasteiger partial charge in [0, 0.05) is 18.7 Å². The molecule has 0 aromatic heterocycles. The molecule has 2 N–H and O–H groups in total. The van der Waals surface area contributed by atoms with E-state index in [1.165, 1.54) is 0 Å². The van der Waals surface area contributed by atoms with E-state index in [0.717, 1.165) is 12.0 Å². The summed E-state index contributed by atoms with van der Waals surface area (Å²) in [6.07, 6.45) is 0.819. The second kappa shape index (κ2) is 8.36. The summed E-state index contributed by atoms with van der Waals surface area (Å²) in [5, 5.41) is 3.02. The summed E-state index contributed by atoms with van der Waals surface area (Å²) in [7, 11) is -1.64. The maximum atomic E-state index is 12.3. The van der Waals surface area contributed by atoms with E-state index in [9.17, 15) is 8.42 Å². The third-order valence-electron chi connectivity index (χ3n) is 3.02. The van der Waals surface area contributed by atoms with Crippen LogP contribution in [0, 0.1) is 5.92 Å². The van der Waals surface area contributed by atoms with E-state index in [4.69, 9.17) is 4.74 Å². The zero-order valence-corrected chi connectivity index (χ0v) is 14.1. The average molecular weight is 314 g/mol. The molecule has 0 atom stereocenters. The molecule has 6 heteroatoms. The highest BCUT2D eigenvalue weighted by Gasteiger charge is 2.16. The van der Waals surface area contributed by atoms with E-state index in [1.807, 2.05) is 14.0 Å². The molecule has 1 rings (SSSR count). The molecule has 0 spiro atoms. The van der Waals surface area contributed by atoms with Crippen molar-refractivity contribution in [2.24, 2.45) is 5.92 Å². The highest BCUT2D eigenvalue weighted by molar-refractivity contribution is 7.89. The van der Waals surface area contributed by atoms with E-state index in [0.29, 0.717) is 31.4 Å². The van der Waals surface area contributed by atoms with E-state index in [2.05, 4.69) is 23.9 Å². The predicted octanol–water partition coefficient (Wildman–Crippen LogP) is 2.13. The zero-order chi connectivity index (χ0) is 15.9. The Kier molecular flexibility index (Phi) is 7.14. The SMILES string of the molecule is CCOc1ccc(S(=O)(=O)NCCC(C)C)cc1CNC. The number of nitrogens with one attached hydrogen (secondary N) is 2. The summed E-state index contributed by atoms with van der Waals surface area (Å²) in [5.41, 5.74) is 0.839. The minimum atomic E-state index is -3.46. The first-order valence-electron chi connectivity index (χ1n) is 7.30. The Morgan fingerprint density at radius 3 is 2.57 bits per heavy atom. The molecule has 120 valence electrons. The molecule has 0 aliphatic carbocycles. The molecule has 0 aliphatic rings. The normalized spacial score (nSPS) is 11.9. The summed E-state index contributed by atoms with van der Waals surface area (Å²) in [5.74, 6) is 1.18. The summed E-state index contributed by atoms with van der Waals surface area (Å²) in [4.78, 5) is 0.278. The Morgan fingerprint density at radius 2 is 2.00 bits per heavy atom. The molecule has 0 bridgehead atoms. The first-order valence-corrected chi connectivity index (χ1v) is 8.79. The van der Waals surface area contributed by atoms with Crippen LogP contribution in [0.2, 0.25) is 0 Å². The van der Waals surface area contributed by atoms with Gasteiger partial charge in [0.1, 0.15) is 5.75 Å². The van der Waals surface area contributed by atoms with Gasteiger partial charge in [-0.2, -0.15) is 0 Å². The highest BCUT2D eigenvalue weighted by atomic mass is 32.2. The van der Waals surface area contributed by atoms with Crippen molar-refractivity contribution in [2.75, 3.05) is 20.2 Å². The van der Waals surface area contributed by atoms with Crippen LogP contribution in [0.5, 0.6) is 5.75 Å². The van der Waals surface area contributed by atoms with Crippen LogP contribution < -0.4 is 14.8 Å². The number of hydrogen-bond donors (Lipinski definition) is 2. The lowest BCUT2D eigenvalue weighted by Crippen LogP contribution is -2.26. The predicted molar refractivity (Wildman–Crippen MR) is 85.0 cm³/mol. The number of rotatable bonds is 9. The lowest BCUT2D eigenvalue weighted by molar-refractivity contribution is 0.335. The van der Waals surface area contributed by atoms with Crippen LogP contribution in [-0.2, 0) is 16.6 Å². The fraction of sp³-hybridized carbons (Fsp3) is 0.600. The third kappa shape index (κ3) is 5.65. The monoisotopic (exact) mass is 314 g/mol. The van der Waals surface area contributed by atoms with E-state index in [1.54, 1.807) is 18.2 Å². The van der Waals surface area contributed by atoms with Crippen LogP contribution in [-0.4, -0.2) is 28.6 Å². The van der Waals surface area contributed by atoms with Gasteiger partial charge in [0.25, 0.3) is 0 Å². The van der Waals surface area contributed by atoms with E-state index < -0.39 is 10.0 Å². The molecule has 0 unspecified atom stereocenters. The lowest BCUT2D eigenvalue weighted by Gasteiger charge is -2.13. The molecule has 0 radical (unpaired) electrons. The Bertz CT molecular complexity index is 542. The molecule has 0 heterocycles. The van der Waals surface area contributed by atoms with Crippen LogP contribution >= 0.6 is 0 Å². The highest BCUT2D eigenvalue weighted by Crippen LogP contribution is 2.22. The van der Waals surface area contributed by atoms with Gasteiger partial charge in [-0.3, -0.25) is 0 Å². The van der Waals surface area contributed by atoms with Crippen LogP contribution in [0.15, 0.2) is 23.1 Å². The largest absolute Gasteiger partial charge is 0.494 e. The van der Waals surface area contributed by atoms with Crippen molar-refractivity contribution in [1.29, 1.82) is 0 Å². The van der Waals surface area contributed by atoms with Crippen molar-refractivity contribution in [2.45, 2.75) is 38.6 Å². The van der Waals surface area contributed by atoms with Crippen molar-refractivity contribution >= 4 is 10.0 Å². The van der Waals surface area contributed by atoms with Crippen LogP contribution in [0.4, 0.5) is 0 Å². The first kappa shape index (κ1) is 17.9. The smallest absolute Gasteiger partial charge is 0.240 e. The van der Waals surface area contributed by atoms with Crippen LogP contribution in [0.25, 0.3) is 0 Å². The quantitative estimate of drug-likeness (QED) is 0.733. The van der Waals surface area contributed by atoms with Crippen LogP contribution in [0.3, 0.4) is 0 Å². The van der Waals surface area contributed by atoms with Gasteiger partial charge >= 0.3 is 0 Å². The molecular formula is C15H26N2O3S. The van der Waals surface area contributed by atoms with Gasteiger partial charge in [0.05, 0.1) is 11.5 Å². The second-order valence-corrected chi connectivity index (χ2v) is 7.08. The second-order valence-electron chi connectivity index (χ2n) is 5.31. The zero-order valence-electron chi connectivity index (χ0n) is 13.3. The Labute approximate surface area is 128 Å². The fourth-order valence-corrected chi connectivity index (χ4v) is 3.01. The van der Waals surface area contributed by atoms with E-state index >= 15 is 0 Å². The fourth-order valence-electron chi connectivity index (χ4n) is 1.91. The molecule has 1 aromatic rings. The molecule has 1 aromatic carbocycles. The van der Waals surface area contributed by atoms with Crippen molar-refractivity contribution in [3.05, 3.63) is 23.8 Å². The summed E-state index contributed by atoms with van der Waals surface area (Å²) >= 11 is 0. The maximum Gasteiger partial charge on any atom is 0.240 e. The first-order chi connectivity index (χ1) is 9.90. The molecule has 5 nitrogen and oxygen atoms in total. The third-order valence-corrected chi connectivity index (χ3v) is 4.48. The van der Waals surface area contributed by atoms with Gasteiger partial charge in [0.15, 0.2) is 0 Å². The van der Waals surface area contributed by atoms with Crippen molar-refractivity contribution in [3.8, 4) is 5.75 Å². The molecular weight excluding hydrogens is 288 g/mol. The Morgan fingerprint density at radius 1 is 1.29 bits per heavy atom. The minimum Gasteiger partial charge on any atom is -0.494 e. The topological polar surface area (TPSA) is 67.4 Å². The van der Waals surface area contributed by atoms with Gasteiger partial charge in [-0.05, 0) is 44.5 Å². The van der Waals surface area contributed by atoms with Gasteiger partial charge in [-0.1, -0.05) is 13.8 Å². The standard InChI is InChI=1S/C15H26N2O3S/c1-5-20-15-7-6-14(10-13(15)11-16-4)21(18,19)17-9-8-12(2)3/h6-7,10,12,16-17H,5,8-9,11H2,1-4H3. The number of ether oxygens (including phenoxy) is 1. The maximum absolute atomic E-state index is 12.3. The van der Waals surface area contributed by atoms with Crippen LogP contribution in [0.1, 0.15) is 32.8 Å². The number of hydrogen-bond acceptors (Lipinski definition) is 4. The Hall–Kier alpha value is -1.11. The molecule has 0 saturated carbocycles. The lowest BCUT2D eigenvalue weighted by atomic mass is 10.1. The van der Waals surface area contributed by atoms with Gasteiger partial charge in [-0.15, -0.1) is 0 Å². The van der Waals surface area contributed by atoms with Crippen molar-refractivity contribution in [1.82, 2.24) is 10.0 Å². The summed E-state index contributed by atoms with van der Waals surface area (Å²) in [6, 6.07) is 4.97. The average Bonchev–Trinajstić information content (AvgIpc) is 2.40. The Balaban J connectivity index is 2.93. The summed E-state index contributed by atoms with van der Waals surface area (Å²) in [6.45, 7) is 7.60. The summed E-state index contributed by atoms with van der Waals surface area (Å²) < 4.78 is 32.7. The van der Waals surface area contributed by atoms with Crippen molar-refractivity contribution in [3.63, 3.8) is 0 Å². The van der Waals surface area contributed by atoms with Gasteiger partial charge in [-0.25, -0.2) is 13.1 Å². The minimum absolute atomic E-state index is 0.278. The number of sulfonamides is 1. The van der Waals surface area contributed by atoms with E-state index in [-0.39, 0.29) is 4.90 Å².